The van der Waals surface area contributed by atoms with Crippen LogP contribution in [0, 0.1) is 0 Å². The van der Waals surface area contributed by atoms with Crippen molar-refractivity contribution in [2.24, 2.45) is 0 Å². The molecule has 0 saturated carbocycles. The second-order valence-corrected chi connectivity index (χ2v) is 55.1. The molecule has 7 heavy (non-hydrogen) atoms. The van der Waals surface area contributed by atoms with E-state index in [1.807, 2.05) is 0 Å². The van der Waals surface area contributed by atoms with Crippen LogP contribution in [-0.2, 0) is 0 Å². The molecule has 0 fully saturated rings. The van der Waals surface area contributed by atoms with Gasteiger partial charge in [-0.05, 0) is 0 Å². The molecule has 6 atom stereocenters. The molecule has 0 N–H and O–H groups in total. The summed E-state index contributed by atoms with van der Waals surface area (Å²) in [5.41, 5.74) is 0. The van der Waals surface area contributed by atoms with E-state index in [4.69, 9.17) is 0 Å². The predicted molar refractivity (Wildman–Crippen MR) is 65.9 cm³/mol. The Hall–Kier alpha value is 2.93. The van der Waals surface area contributed by atoms with Crippen molar-refractivity contribution in [1.29, 1.82) is 0 Å². The molecule has 0 heterocycles. The second-order valence-electron chi connectivity index (χ2n) is 2.04. The van der Waals surface area contributed by atoms with Crippen LogP contribution in [0.5, 0.6) is 0 Å². The first-order valence-electron chi connectivity index (χ1n) is 1.41. The highest BCUT2D eigenvalue weighted by Gasteiger charge is 2.30. The maximum Gasteiger partial charge on any atom is -0.0942 e. The van der Waals surface area contributed by atoms with E-state index in [9.17, 15) is 0 Å². The first-order valence-corrected chi connectivity index (χ1v) is 12.7. The van der Waals surface area contributed by atoms with E-state index in [1.165, 1.54) is 0 Å². The Labute approximate surface area is 56.8 Å². The highest BCUT2D eigenvalue weighted by Crippen LogP contribution is 3.21. The van der Waals surface area contributed by atoms with Gasteiger partial charge in [-0.2, -0.15) is 0 Å². The molecule has 0 rings (SSSR count). The van der Waals surface area contributed by atoms with Gasteiger partial charge in [-0.1, -0.05) is 50.7 Å². The zero-order valence-electron chi connectivity index (χ0n) is 3.87. The summed E-state index contributed by atoms with van der Waals surface area (Å²) in [6.07, 6.45) is 0. The average Bonchev–Trinajstić information content (AvgIpc) is 0.592. The Kier molecular flexibility index (Phi) is 2.48. The average molecular weight is 230 g/mol. The summed E-state index contributed by atoms with van der Waals surface area (Å²) in [4.78, 5) is 0. The summed E-state index contributed by atoms with van der Waals surface area (Å²) >= 11 is 0. The SMILES string of the molecule is PS(P)(P)(P)(P)P. The molecule has 0 aromatic heterocycles. The molecule has 0 radical (unpaired) electrons. The highest BCUT2D eigenvalue weighted by molar-refractivity contribution is 9.73. The van der Waals surface area contributed by atoms with E-state index in [0.29, 0.717) is 0 Å². The van der Waals surface area contributed by atoms with Crippen molar-refractivity contribution >= 4 is 56.7 Å². The van der Waals surface area contributed by atoms with Crippen molar-refractivity contribution < 1.29 is 0 Å². The maximum absolute atomic E-state index is 2.76. The lowest BCUT2D eigenvalue weighted by molar-refractivity contribution is 4.79. The molecule has 0 aromatic rings. The summed E-state index contributed by atoms with van der Waals surface area (Å²) < 4.78 is 0. The van der Waals surface area contributed by atoms with Crippen molar-refractivity contribution in [3.63, 3.8) is 0 Å². The first kappa shape index (κ1) is 9.93. The molecule has 48 valence electrons. The van der Waals surface area contributed by atoms with Crippen LogP contribution >= 0.6 is 56.7 Å². The minimum atomic E-state index is -1.97. The van der Waals surface area contributed by atoms with Gasteiger partial charge in [0, 0.05) is 0 Å². The van der Waals surface area contributed by atoms with Crippen LogP contribution in [0.15, 0.2) is 0 Å². The molecule has 0 amide bonds. The minimum absolute atomic E-state index is 1.97. The molecule has 0 aliphatic heterocycles. The van der Waals surface area contributed by atoms with Gasteiger partial charge in [0.1, 0.15) is 0 Å². The van der Waals surface area contributed by atoms with Crippen LogP contribution in [0.1, 0.15) is 0 Å². The van der Waals surface area contributed by atoms with Crippen molar-refractivity contribution in [2.45, 2.75) is 0 Å². The summed E-state index contributed by atoms with van der Waals surface area (Å²) in [5, 5.41) is 0. The quantitative estimate of drug-likeness (QED) is 0.561. The van der Waals surface area contributed by atoms with Crippen LogP contribution in [-0.4, -0.2) is 0 Å². The van der Waals surface area contributed by atoms with Gasteiger partial charge in [0.05, 0.1) is 0 Å². The van der Waals surface area contributed by atoms with Crippen LogP contribution in [0.3, 0.4) is 0 Å². The second kappa shape index (κ2) is 1.75. The lowest BCUT2D eigenvalue weighted by Gasteiger charge is -2.60. The fraction of sp³-hybridized carbons (Fsp3) is 0. The molecule has 0 spiro atoms. The molecular weight excluding hydrogens is 218 g/mol. The smallest absolute Gasteiger partial charge is 0.0942 e. The standard InChI is InChI=1S/H12P6S/c1-7(2,3,4,5)6/h1-6H2. The molecule has 0 nitrogen and oxygen atoms in total. The van der Waals surface area contributed by atoms with Gasteiger partial charge >= 0.3 is 0 Å². The molecule has 0 aliphatic carbocycles. The van der Waals surface area contributed by atoms with Crippen LogP contribution < -0.4 is 0 Å². The van der Waals surface area contributed by atoms with Crippen molar-refractivity contribution in [2.75, 3.05) is 0 Å². The van der Waals surface area contributed by atoms with Crippen molar-refractivity contribution in [3.8, 4) is 0 Å². The fourth-order valence-corrected chi connectivity index (χ4v) is 0. The number of rotatable bonds is 0. The zero-order chi connectivity index (χ0) is 6.41. The topological polar surface area (TPSA) is 0 Å². The van der Waals surface area contributed by atoms with Crippen LogP contribution in [0.25, 0.3) is 0 Å². The Morgan fingerprint density at radius 3 is 0.571 bits per heavy atom. The summed E-state index contributed by atoms with van der Waals surface area (Å²) in [6.45, 7) is 0. The highest BCUT2D eigenvalue weighted by atomic mass is 34.0. The van der Waals surface area contributed by atoms with Gasteiger partial charge in [-0.3, -0.25) is 0 Å². The van der Waals surface area contributed by atoms with Gasteiger partial charge in [-0.15, -0.1) is 0 Å². The molecule has 6 unspecified atom stereocenters. The zero-order valence-corrected chi connectivity index (χ0v) is 11.6. The number of hydrogen-bond acceptors (Lipinski definition) is 0. The van der Waals surface area contributed by atoms with Gasteiger partial charge < -0.3 is 0 Å². The molecule has 0 bridgehead atoms. The lowest BCUT2D eigenvalue weighted by atomic mass is 29.0. The molecule has 0 aromatic carbocycles. The van der Waals surface area contributed by atoms with Crippen molar-refractivity contribution in [3.05, 3.63) is 0 Å². The molecule has 7 heteroatoms. The molecular formula is H12P6S. The van der Waals surface area contributed by atoms with E-state index < -0.39 is 6.01 Å². The Bertz CT molecular complexity index is 62.7. The summed E-state index contributed by atoms with van der Waals surface area (Å²) in [6, 6.07) is -1.97. The summed E-state index contributed by atoms with van der Waals surface area (Å²) in [5.74, 6) is 0. The van der Waals surface area contributed by atoms with E-state index in [1.54, 1.807) is 0 Å². The third-order valence-electron chi connectivity index (χ3n) is 0. The largest absolute Gasteiger partial charge is 0.209 e. The molecule has 0 aliphatic rings. The minimum Gasteiger partial charge on any atom is -0.209 e. The maximum atomic E-state index is 2.76. The Morgan fingerprint density at radius 2 is 0.571 bits per heavy atom. The third kappa shape index (κ3) is 50.0. The van der Waals surface area contributed by atoms with Gasteiger partial charge in [0.2, 0.25) is 0 Å². The van der Waals surface area contributed by atoms with Gasteiger partial charge in [0.25, 0.3) is 0 Å². The summed E-state index contributed by atoms with van der Waals surface area (Å²) in [7, 11) is 16.6. The number of hydrogen-bond donors (Lipinski definition) is 0. The fourth-order valence-electron chi connectivity index (χ4n) is 0. The van der Waals surface area contributed by atoms with Gasteiger partial charge in [0.15, 0.2) is 0 Å². The van der Waals surface area contributed by atoms with E-state index in [2.05, 4.69) is 50.7 Å². The predicted octanol–water partition coefficient (Wildman–Crippen LogP) is 2.60. The van der Waals surface area contributed by atoms with E-state index in [0.717, 1.165) is 0 Å². The Balaban J connectivity index is 4.43. The third-order valence-corrected chi connectivity index (χ3v) is 0. The van der Waals surface area contributed by atoms with Crippen LogP contribution in [0.4, 0.5) is 0 Å². The molecule has 0 saturated heterocycles. The first-order chi connectivity index (χ1) is 2.45. The van der Waals surface area contributed by atoms with Crippen molar-refractivity contribution in [1.82, 2.24) is 0 Å². The van der Waals surface area contributed by atoms with Crippen LogP contribution in [0.2, 0.25) is 0 Å². The van der Waals surface area contributed by atoms with E-state index >= 15 is 0 Å². The normalized spacial score (nSPS) is 23.1. The monoisotopic (exact) mass is 230 g/mol. The van der Waals surface area contributed by atoms with E-state index in [-0.39, 0.29) is 0 Å². The Morgan fingerprint density at radius 1 is 0.571 bits per heavy atom. The van der Waals surface area contributed by atoms with Gasteiger partial charge in [-0.25, -0.2) is 6.01 Å². The lowest BCUT2D eigenvalue weighted by Crippen LogP contribution is -1.69.